The van der Waals surface area contributed by atoms with Crippen molar-refractivity contribution in [2.45, 2.75) is 50.1 Å². The van der Waals surface area contributed by atoms with E-state index in [4.69, 9.17) is 0 Å². The first-order chi connectivity index (χ1) is 9.79. The first kappa shape index (κ1) is 13.5. The highest BCUT2D eigenvalue weighted by molar-refractivity contribution is 5.05. The fourth-order valence-corrected chi connectivity index (χ4v) is 5.25. The predicted octanol–water partition coefficient (Wildman–Crippen LogP) is 0.450. The molecule has 4 aliphatic heterocycles. The van der Waals surface area contributed by atoms with Crippen LogP contribution in [0.15, 0.2) is 0 Å². The number of hydrogen-bond donors (Lipinski definition) is 4. The third-order valence-electron chi connectivity index (χ3n) is 6.43. The van der Waals surface area contributed by atoms with Crippen LogP contribution in [-0.2, 0) is 0 Å². The monoisotopic (exact) mass is 278 g/mol. The molecule has 0 aliphatic carbocycles. The topological polar surface area (TPSA) is 48.1 Å². The molecular formula is C16H30N4. The van der Waals surface area contributed by atoms with Crippen molar-refractivity contribution in [3.8, 4) is 0 Å². The van der Waals surface area contributed by atoms with Crippen LogP contribution in [0, 0.1) is 11.3 Å². The Bertz CT molecular complexity index is 339. The van der Waals surface area contributed by atoms with Gasteiger partial charge in [0.05, 0.1) is 0 Å². The van der Waals surface area contributed by atoms with Crippen LogP contribution < -0.4 is 21.3 Å². The maximum atomic E-state index is 3.89. The second kappa shape index (κ2) is 5.24. The van der Waals surface area contributed by atoms with Gasteiger partial charge < -0.3 is 21.3 Å². The smallest absolute Gasteiger partial charge is 0.0309 e. The minimum atomic E-state index is 0.409. The van der Waals surface area contributed by atoms with Gasteiger partial charge in [0, 0.05) is 31.2 Å². The lowest BCUT2D eigenvalue weighted by Gasteiger charge is -2.46. The highest BCUT2D eigenvalue weighted by Gasteiger charge is 2.46. The minimum Gasteiger partial charge on any atom is -0.316 e. The number of rotatable bonds is 1. The maximum Gasteiger partial charge on any atom is 0.0309 e. The van der Waals surface area contributed by atoms with E-state index in [1.165, 1.54) is 77.8 Å². The number of piperidine rings is 2. The Hall–Kier alpha value is -0.160. The van der Waals surface area contributed by atoms with Crippen molar-refractivity contribution in [1.29, 1.82) is 0 Å². The molecular weight excluding hydrogens is 248 g/mol. The molecule has 0 aromatic rings. The van der Waals surface area contributed by atoms with Gasteiger partial charge in [0.2, 0.25) is 0 Å². The summed E-state index contributed by atoms with van der Waals surface area (Å²) >= 11 is 0. The Morgan fingerprint density at radius 1 is 0.850 bits per heavy atom. The van der Waals surface area contributed by atoms with Crippen molar-refractivity contribution in [2.24, 2.45) is 11.3 Å². The molecule has 20 heavy (non-hydrogen) atoms. The van der Waals surface area contributed by atoms with E-state index >= 15 is 0 Å². The average molecular weight is 278 g/mol. The Labute approximate surface area is 122 Å². The van der Waals surface area contributed by atoms with Crippen molar-refractivity contribution < 1.29 is 0 Å². The molecule has 4 nitrogen and oxygen atoms in total. The normalized spacial score (nSPS) is 49.2. The van der Waals surface area contributed by atoms with Crippen molar-refractivity contribution in [3.05, 3.63) is 0 Å². The summed E-state index contributed by atoms with van der Waals surface area (Å²) in [5.41, 5.74) is 1.00. The van der Waals surface area contributed by atoms with Crippen molar-refractivity contribution >= 4 is 0 Å². The molecule has 4 heterocycles. The molecule has 4 aliphatic rings. The molecule has 2 spiro atoms. The summed E-state index contributed by atoms with van der Waals surface area (Å²) in [4.78, 5) is 0. The van der Waals surface area contributed by atoms with Gasteiger partial charge in [-0.15, -0.1) is 0 Å². The molecule has 0 saturated carbocycles. The molecule has 4 rings (SSSR count). The number of hydrogen-bond acceptors (Lipinski definition) is 4. The molecule has 114 valence electrons. The van der Waals surface area contributed by atoms with Gasteiger partial charge in [-0.25, -0.2) is 0 Å². The summed E-state index contributed by atoms with van der Waals surface area (Å²) in [6.07, 6.45) is 8.24. The molecule has 0 bridgehead atoms. The van der Waals surface area contributed by atoms with E-state index in [9.17, 15) is 0 Å². The Morgan fingerprint density at radius 3 is 2.60 bits per heavy atom. The molecule has 4 N–H and O–H groups in total. The summed E-state index contributed by atoms with van der Waals surface area (Å²) in [5.74, 6) is 0.885. The highest BCUT2D eigenvalue weighted by atomic mass is 15.1. The van der Waals surface area contributed by atoms with Crippen LogP contribution in [0.25, 0.3) is 0 Å². The SMILES string of the molecule is C1CNCC2(C1)CC(C1CC3(CCNC3)CN1)CCN2. The van der Waals surface area contributed by atoms with E-state index in [-0.39, 0.29) is 0 Å². The minimum absolute atomic E-state index is 0.409. The van der Waals surface area contributed by atoms with Gasteiger partial charge in [0.15, 0.2) is 0 Å². The molecule has 0 aromatic carbocycles. The van der Waals surface area contributed by atoms with Crippen LogP contribution in [0.5, 0.6) is 0 Å². The van der Waals surface area contributed by atoms with Crippen molar-refractivity contribution in [1.82, 2.24) is 21.3 Å². The zero-order chi connectivity index (χ0) is 13.5. The van der Waals surface area contributed by atoms with E-state index < -0.39 is 0 Å². The van der Waals surface area contributed by atoms with Crippen molar-refractivity contribution in [2.75, 3.05) is 39.3 Å². The first-order valence-corrected chi connectivity index (χ1v) is 8.69. The van der Waals surface area contributed by atoms with Crippen LogP contribution in [-0.4, -0.2) is 50.8 Å². The standard InChI is InChI=1S/C16H30N4/c1-3-16(12-17-5-1)8-13(2-6-20-16)14-9-15(11-19-14)4-7-18-10-15/h13-14,17-20H,1-12H2. The van der Waals surface area contributed by atoms with E-state index in [0.29, 0.717) is 11.0 Å². The molecule has 0 radical (unpaired) electrons. The van der Waals surface area contributed by atoms with Crippen LogP contribution in [0.4, 0.5) is 0 Å². The Kier molecular flexibility index (Phi) is 3.53. The molecule has 4 heteroatoms. The zero-order valence-electron chi connectivity index (χ0n) is 12.6. The van der Waals surface area contributed by atoms with Gasteiger partial charge in [-0.05, 0) is 69.5 Å². The fourth-order valence-electron chi connectivity index (χ4n) is 5.25. The molecule has 0 aromatic heterocycles. The highest BCUT2D eigenvalue weighted by Crippen LogP contribution is 2.41. The third kappa shape index (κ3) is 2.41. The van der Waals surface area contributed by atoms with Gasteiger partial charge in [-0.1, -0.05) is 0 Å². The van der Waals surface area contributed by atoms with E-state index in [1.54, 1.807) is 0 Å². The van der Waals surface area contributed by atoms with Gasteiger partial charge in [-0.3, -0.25) is 0 Å². The van der Waals surface area contributed by atoms with Crippen LogP contribution >= 0.6 is 0 Å². The summed E-state index contributed by atoms with van der Waals surface area (Å²) in [6.45, 7) is 7.34. The second-order valence-corrected chi connectivity index (χ2v) is 7.86. The molecule has 4 fully saturated rings. The lowest BCUT2D eigenvalue weighted by molar-refractivity contribution is 0.134. The third-order valence-corrected chi connectivity index (χ3v) is 6.43. The average Bonchev–Trinajstić information content (AvgIpc) is 3.11. The van der Waals surface area contributed by atoms with Crippen molar-refractivity contribution in [3.63, 3.8) is 0 Å². The lowest BCUT2D eigenvalue weighted by atomic mass is 9.73. The van der Waals surface area contributed by atoms with Gasteiger partial charge in [0.1, 0.15) is 0 Å². The Balaban J connectivity index is 1.41. The summed E-state index contributed by atoms with van der Waals surface area (Å²) in [6, 6.07) is 0.774. The quantitative estimate of drug-likeness (QED) is 0.562. The van der Waals surface area contributed by atoms with Crippen LogP contribution in [0.2, 0.25) is 0 Å². The van der Waals surface area contributed by atoms with Crippen LogP contribution in [0.3, 0.4) is 0 Å². The van der Waals surface area contributed by atoms with E-state index in [1.807, 2.05) is 0 Å². The van der Waals surface area contributed by atoms with E-state index in [2.05, 4.69) is 21.3 Å². The largest absolute Gasteiger partial charge is 0.316 e. The number of nitrogens with one attached hydrogen (secondary N) is 4. The molecule has 0 amide bonds. The van der Waals surface area contributed by atoms with Gasteiger partial charge in [-0.2, -0.15) is 0 Å². The lowest BCUT2D eigenvalue weighted by Crippen LogP contribution is -2.60. The molecule has 4 unspecified atom stereocenters. The van der Waals surface area contributed by atoms with Crippen LogP contribution in [0.1, 0.15) is 38.5 Å². The van der Waals surface area contributed by atoms with Gasteiger partial charge >= 0.3 is 0 Å². The van der Waals surface area contributed by atoms with Gasteiger partial charge in [0.25, 0.3) is 0 Å². The Morgan fingerprint density at radius 2 is 1.80 bits per heavy atom. The zero-order valence-corrected chi connectivity index (χ0v) is 12.6. The predicted molar refractivity (Wildman–Crippen MR) is 81.9 cm³/mol. The molecule has 4 atom stereocenters. The maximum absolute atomic E-state index is 3.89. The summed E-state index contributed by atoms with van der Waals surface area (Å²) < 4.78 is 0. The second-order valence-electron chi connectivity index (χ2n) is 7.86. The fraction of sp³-hybridized carbons (Fsp3) is 1.00. The van der Waals surface area contributed by atoms with E-state index in [0.717, 1.165) is 12.0 Å². The summed E-state index contributed by atoms with van der Waals surface area (Å²) in [7, 11) is 0. The first-order valence-electron chi connectivity index (χ1n) is 8.69. The molecule has 4 saturated heterocycles. The summed E-state index contributed by atoms with van der Waals surface area (Å²) in [5, 5.41) is 14.9.